The average Bonchev–Trinajstić information content (AvgIpc) is 3.43. The highest BCUT2D eigenvalue weighted by Crippen LogP contribution is 2.30. The lowest BCUT2D eigenvalue weighted by Crippen LogP contribution is -2.29. The van der Waals surface area contributed by atoms with E-state index in [1.165, 1.54) is 11.8 Å². The van der Waals surface area contributed by atoms with Crippen molar-refractivity contribution < 1.29 is 9.21 Å². The minimum Gasteiger partial charge on any atom is -0.469 e. The fraction of sp³-hybridized carbons (Fsp3) is 0.208. The van der Waals surface area contributed by atoms with Crippen molar-refractivity contribution in [2.75, 3.05) is 5.75 Å². The lowest BCUT2D eigenvalue weighted by Gasteiger charge is -2.17. The second-order valence-corrected chi connectivity index (χ2v) is 8.62. The highest BCUT2D eigenvalue weighted by molar-refractivity contribution is 7.99. The van der Waals surface area contributed by atoms with E-state index in [0.717, 1.165) is 29.0 Å². The number of thioether (sulfide) groups is 1. The van der Waals surface area contributed by atoms with Gasteiger partial charge in [0.15, 0.2) is 11.0 Å². The number of halogens is 1. The zero-order valence-electron chi connectivity index (χ0n) is 17.8. The molecule has 0 aliphatic carbocycles. The largest absolute Gasteiger partial charge is 0.469 e. The molecule has 2 aromatic carbocycles. The molecule has 0 bridgehead atoms. The van der Waals surface area contributed by atoms with Crippen LogP contribution in [-0.2, 0) is 4.79 Å². The van der Waals surface area contributed by atoms with Gasteiger partial charge in [0.25, 0.3) is 0 Å². The summed E-state index contributed by atoms with van der Waals surface area (Å²) in [6.07, 6.45) is 2.42. The fourth-order valence-electron chi connectivity index (χ4n) is 3.45. The molecule has 4 aromatic rings. The molecule has 164 valence electrons. The second kappa shape index (κ2) is 10.1. The van der Waals surface area contributed by atoms with Gasteiger partial charge in [-0.15, -0.1) is 10.2 Å². The number of carbonyl (C=O) groups excluding carboxylic acids is 1. The predicted octanol–water partition coefficient (Wildman–Crippen LogP) is 5.85. The molecule has 32 heavy (non-hydrogen) atoms. The smallest absolute Gasteiger partial charge is 0.230 e. The Bertz CT molecular complexity index is 1190. The molecule has 1 N–H and O–H groups in total. The van der Waals surface area contributed by atoms with Gasteiger partial charge in [-0.3, -0.25) is 9.36 Å². The first-order valence-electron chi connectivity index (χ1n) is 10.3. The summed E-state index contributed by atoms with van der Waals surface area (Å²) in [5.41, 5.74) is 2.82. The number of para-hydroxylation sites is 1. The molecule has 1 amide bonds. The Hall–Kier alpha value is -3.03. The van der Waals surface area contributed by atoms with Crippen molar-refractivity contribution in [2.24, 2.45) is 0 Å². The van der Waals surface area contributed by atoms with Crippen LogP contribution in [0.15, 0.2) is 76.5 Å². The zero-order chi connectivity index (χ0) is 22.5. The summed E-state index contributed by atoms with van der Waals surface area (Å²) in [7, 11) is 0. The van der Waals surface area contributed by atoms with Gasteiger partial charge in [-0.05, 0) is 49.2 Å². The van der Waals surface area contributed by atoms with Crippen molar-refractivity contribution in [3.05, 3.63) is 83.3 Å². The molecule has 1 atom stereocenters. The number of nitrogens with one attached hydrogen (secondary N) is 1. The number of hydrogen-bond acceptors (Lipinski definition) is 5. The van der Waals surface area contributed by atoms with Crippen molar-refractivity contribution in [1.82, 2.24) is 20.1 Å². The van der Waals surface area contributed by atoms with E-state index in [-0.39, 0.29) is 17.7 Å². The molecule has 0 aliphatic rings. The first-order valence-corrected chi connectivity index (χ1v) is 11.7. The first-order chi connectivity index (χ1) is 15.6. The van der Waals surface area contributed by atoms with Crippen LogP contribution in [0.4, 0.5) is 0 Å². The normalized spacial score (nSPS) is 12.0. The van der Waals surface area contributed by atoms with Crippen LogP contribution >= 0.6 is 23.4 Å². The summed E-state index contributed by atoms with van der Waals surface area (Å²) in [6.45, 7) is 3.93. The lowest BCUT2D eigenvalue weighted by molar-refractivity contribution is -0.119. The number of nitrogens with zero attached hydrogens (tertiary/aromatic N) is 3. The Labute approximate surface area is 196 Å². The SMILES string of the molecule is CCC(NC(=O)CSc1nnc(-c2ccoc2C)n1-c1ccccc1)c1ccc(Cl)cc1. The van der Waals surface area contributed by atoms with E-state index in [1.807, 2.05) is 79.1 Å². The summed E-state index contributed by atoms with van der Waals surface area (Å²) in [5.74, 6) is 1.59. The minimum absolute atomic E-state index is 0.0690. The third-order valence-electron chi connectivity index (χ3n) is 5.10. The van der Waals surface area contributed by atoms with Gasteiger partial charge < -0.3 is 9.73 Å². The molecule has 1 unspecified atom stereocenters. The summed E-state index contributed by atoms with van der Waals surface area (Å²) >= 11 is 7.33. The molecule has 2 heterocycles. The van der Waals surface area contributed by atoms with E-state index in [1.54, 1.807) is 6.26 Å². The maximum Gasteiger partial charge on any atom is 0.230 e. The molecule has 4 rings (SSSR count). The molecule has 6 nitrogen and oxygen atoms in total. The van der Waals surface area contributed by atoms with Crippen LogP contribution in [0.3, 0.4) is 0 Å². The molecule has 0 aliphatic heterocycles. The van der Waals surface area contributed by atoms with Crippen LogP contribution in [0.25, 0.3) is 17.1 Å². The molecule has 0 radical (unpaired) electrons. The monoisotopic (exact) mass is 466 g/mol. The summed E-state index contributed by atoms with van der Waals surface area (Å²) in [5, 5.41) is 13.2. The Morgan fingerprint density at radius 3 is 2.53 bits per heavy atom. The van der Waals surface area contributed by atoms with E-state index in [4.69, 9.17) is 16.0 Å². The highest BCUT2D eigenvalue weighted by Gasteiger charge is 2.20. The molecule has 0 fully saturated rings. The van der Waals surface area contributed by atoms with E-state index < -0.39 is 0 Å². The minimum atomic E-state index is -0.0727. The highest BCUT2D eigenvalue weighted by atomic mass is 35.5. The van der Waals surface area contributed by atoms with Crippen molar-refractivity contribution in [3.63, 3.8) is 0 Å². The number of furan rings is 1. The maximum absolute atomic E-state index is 12.7. The molecule has 2 aromatic heterocycles. The number of aromatic nitrogens is 3. The number of rotatable bonds is 8. The summed E-state index contributed by atoms with van der Waals surface area (Å²) in [4.78, 5) is 12.7. The van der Waals surface area contributed by atoms with Crippen molar-refractivity contribution in [1.29, 1.82) is 0 Å². The van der Waals surface area contributed by atoms with E-state index in [9.17, 15) is 4.79 Å². The number of hydrogen-bond donors (Lipinski definition) is 1. The van der Waals surface area contributed by atoms with Gasteiger partial charge in [0.05, 0.1) is 23.6 Å². The topological polar surface area (TPSA) is 73.0 Å². The average molecular weight is 467 g/mol. The van der Waals surface area contributed by atoms with E-state index >= 15 is 0 Å². The Balaban J connectivity index is 1.53. The maximum atomic E-state index is 12.7. The van der Waals surface area contributed by atoms with Gasteiger partial charge in [-0.25, -0.2) is 0 Å². The summed E-state index contributed by atoms with van der Waals surface area (Å²) in [6, 6.07) is 19.2. The number of carbonyl (C=O) groups is 1. The van der Waals surface area contributed by atoms with Crippen molar-refractivity contribution >= 4 is 29.3 Å². The van der Waals surface area contributed by atoms with Gasteiger partial charge in [0, 0.05) is 10.7 Å². The lowest BCUT2D eigenvalue weighted by atomic mass is 10.0. The standard InChI is InChI=1S/C24H23ClN4O2S/c1-3-21(17-9-11-18(25)12-10-17)26-22(30)15-32-24-28-27-23(20-13-14-31-16(20)2)29(24)19-7-5-4-6-8-19/h4-14,21H,3,15H2,1-2H3,(H,26,30). The molecule has 0 spiro atoms. The number of benzene rings is 2. The van der Waals surface area contributed by atoms with Crippen LogP contribution in [0.2, 0.25) is 5.02 Å². The van der Waals surface area contributed by atoms with Gasteiger partial charge in [0.2, 0.25) is 5.91 Å². The van der Waals surface area contributed by atoms with Crippen LogP contribution in [0.1, 0.15) is 30.7 Å². The van der Waals surface area contributed by atoms with Crippen molar-refractivity contribution in [3.8, 4) is 17.1 Å². The Kier molecular flexibility index (Phi) is 6.97. The summed E-state index contributed by atoms with van der Waals surface area (Å²) < 4.78 is 7.41. The molecule has 0 saturated carbocycles. The Morgan fingerprint density at radius 2 is 1.88 bits per heavy atom. The molecular formula is C24H23ClN4O2S. The van der Waals surface area contributed by atoms with Crippen molar-refractivity contribution in [2.45, 2.75) is 31.5 Å². The number of amides is 1. The fourth-order valence-corrected chi connectivity index (χ4v) is 4.34. The van der Waals surface area contributed by atoms with E-state index in [0.29, 0.717) is 16.0 Å². The van der Waals surface area contributed by atoms with Crippen LogP contribution in [0.5, 0.6) is 0 Å². The van der Waals surface area contributed by atoms with Crippen LogP contribution < -0.4 is 5.32 Å². The predicted molar refractivity (Wildman–Crippen MR) is 127 cm³/mol. The zero-order valence-corrected chi connectivity index (χ0v) is 19.4. The third-order valence-corrected chi connectivity index (χ3v) is 6.28. The molecular weight excluding hydrogens is 444 g/mol. The van der Waals surface area contributed by atoms with Crippen LogP contribution in [-0.4, -0.2) is 26.4 Å². The quantitative estimate of drug-likeness (QED) is 0.330. The molecule has 8 heteroatoms. The van der Waals surface area contributed by atoms with Gasteiger partial charge in [-0.2, -0.15) is 0 Å². The molecule has 0 saturated heterocycles. The Morgan fingerprint density at radius 1 is 1.12 bits per heavy atom. The first kappa shape index (κ1) is 22.2. The van der Waals surface area contributed by atoms with Gasteiger partial charge in [0.1, 0.15) is 5.76 Å². The number of aryl methyl sites for hydroxylation is 1. The van der Waals surface area contributed by atoms with E-state index in [2.05, 4.69) is 15.5 Å². The second-order valence-electron chi connectivity index (χ2n) is 7.24. The van der Waals surface area contributed by atoms with Gasteiger partial charge in [-0.1, -0.05) is 60.6 Å². The third kappa shape index (κ3) is 4.89. The van der Waals surface area contributed by atoms with Gasteiger partial charge >= 0.3 is 0 Å². The van der Waals surface area contributed by atoms with Crippen LogP contribution in [0, 0.1) is 6.92 Å².